The van der Waals surface area contributed by atoms with Gasteiger partial charge < -0.3 is 10.4 Å². The predicted molar refractivity (Wildman–Crippen MR) is 64.3 cm³/mol. The van der Waals surface area contributed by atoms with E-state index in [0.29, 0.717) is 0 Å². The number of nitrogens with one attached hydrogen (secondary N) is 1. The molecule has 2 rings (SSSR count). The lowest BCUT2D eigenvalue weighted by atomic mass is 10.0. The number of rotatable bonds is 3. The largest absolute Gasteiger partial charge is 0.384 e. The molecule has 1 atom stereocenters. The highest BCUT2D eigenvalue weighted by atomic mass is 16.3. The number of pyridine rings is 1. The van der Waals surface area contributed by atoms with Gasteiger partial charge in [-0.3, -0.25) is 0 Å². The lowest BCUT2D eigenvalue weighted by Gasteiger charge is -2.11. The number of hydrogen-bond acceptors (Lipinski definition) is 3. The zero-order valence-electron chi connectivity index (χ0n) is 9.09. The van der Waals surface area contributed by atoms with Crippen molar-refractivity contribution in [2.24, 2.45) is 0 Å². The van der Waals surface area contributed by atoms with E-state index in [1.807, 2.05) is 49.5 Å². The van der Waals surface area contributed by atoms with Crippen LogP contribution in [0.4, 0.5) is 5.82 Å². The molecular formula is C13H14N2O. The molecule has 0 amide bonds. The summed E-state index contributed by atoms with van der Waals surface area (Å²) in [5.74, 6) is 0.795. The Balaban J connectivity index is 2.24. The molecule has 0 aliphatic heterocycles. The molecule has 1 aromatic carbocycles. The maximum Gasteiger partial charge on any atom is 0.125 e. The topological polar surface area (TPSA) is 45.1 Å². The van der Waals surface area contributed by atoms with E-state index < -0.39 is 6.10 Å². The number of benzene rings is 1. The number of anilines is 1. The minimum absolute atomic E-state index is 0.611. The Bertz CT molecular complexity index is 439. The lowest BCUT2D eigenvalue weighted by Crippen LogP contribution is -2.01. The van der Waals surface area contributed by atoms with Crippen LogP contribution in [0.1, 0.15) is 17.2 Å². The molecule has 1 heterocycles. The van der Waals surface area contributed by atoms with E-state index in [9.17, 15) is 5.11 Å². The van der Waals surface area contributed by atoms with Crippen molar-refractivity contribution in [3.05, 3.63) is 59.8 Å². The van der Waals surface area contributed by atoms with Gasteiger partial charge >= 0.3 is 0 Å². The van der Waals surface area contributed by atoms with E-state index >= 15 is 0 Å². The maximum absolute atomic E-state index is 10.1. The van der Waals surface area contributed by atoms with E-state index in [0.717, 1.165) is 16.9 Å². The van der Waals surface area contributed by atoms with Crippen LogP contribution in [0.2, 0.25) is 0 Å². The Labute approximate surface area is 94.8 Å². The van der Waals surface area contributed by atoms with Crippen LogP contribution in [-0.4, -0.2) is 17.1 Å². The van der Waals surface area contributed by atoms with Gasteiger partial charge in [-0.15, -0.1) is 0 Å². The normalized spacial score (nSPS) is 12.1. The van der Waals surface area contributed by atoms with Crippen LogP contribution in [-0.2, 0) is 0 Å². The van der Waals surface area contributed by atoms with E-state index in [1.165, 1.54) is 0 Å². The Morgan fingerprint density at radius 2 is 1.81 bits per heavy atom. The highest BCUT2D eigenvalue weighted by molar-refractivity contribution is 5.37. The molecular weight excluding hydrogens is 200 g/mol. The minimum atomic E-state index is -0.611. The summed E-state index contributed by atoms with van der Waals surface area (Å²) in [7, 11) is 1.82. The second-order valence-electron chi connectivity index (χ2n) is 3.54. The molecule has 0 unspecified atom stereocenters. The summed E-state index contributed by atoms with van der Waals surface area (Å²) in [6, 6.07) is 13.3. The summed E-state index contributed by atoms with van der Waals surface area (Å²) in [4.78, 5) is 4.17. The fraction of sp³-hybridized carbons (Fsp3) is 0.154. The summed E-state index contributed by atoms with van der Waals surface area (Å²) in [6.07, 6.45) is 1.07. The van der Waals surface area contributed by atoms with Crippen molar-refractivity contribution in [2.45, 2.75) is 6.10 Å². The van der Waals surface area contributed by atoms with E-state index in [1.54, 1.807) is 6.20 Å². The summed E-state index contributed by atoms with van der Waals surface area (Å²) in [5, 5.41) is 13.0. The zero-order chi connectivity index (χ0) is 11.4. The minimum Gasteiger partial charge on any atom is -0.384 e. The number of aliphatic hydroxyl groups is 1. The van der Waals surface area contributed by atoms with Gasteiger partial charge in [-0.05, 0) is 11.6 Å². The predicted octanol–water partition coefficient (Wildman–Crippen LogP) is 2.21. The second kappa shape index (κ2) is 4.77. The van der Waals surface area contributed by atoms with Gasteiger partial charge in [0.2, 0.25) is 0 Å². The number of hydrogen-bond donors (Lipinski definition) is 2. The zero-order valence-corrected chi connectivity index (χ0v) is 9.09. The standard InChI is InChI=1S/C13H14N2O/c1-14-12-8-7-11(9-15-12)13(16)10-5-3-2-4-6-10/h2-9,13,16H,1H3,(H,14,15)/t13-/m1/s1. The summed E-state index contributed by atoms with van der Waals surface area (Å²) in [6.45, 7) is 0. The summed E-state index contributed by atoms with van der Waals surface area (Å²) >= 11 is 0. The molecule has 0 saturated heterocycles. The monoisotopic (exact) mass is 214 g/mol. The highest BCUT2D eigenvalue weighted by Gasteiger charge is 2.09. The highest BCUT2D eigenvalue weighted by Crippen LogP contribution is 2.21. The first kappa shape index (κ1) is 10.6. The molecule has 16 heavy (non-hydrogen) atoms. The average molecular weight is 214 g/mol. The van der Waals surface area contributed by atoms with Gasteiger partial charge in [-0.1, -0.05) is 36.4 Å². The molecule has 0 aliphatic rings. The van der Waals surface area contributed by atoms with Crippen molar-refractivity contribution >= 4 is 5.82 Å². The van der Waals surface area contributed by atoms with E-state index in [-0.39, 0.29) is 0 Å². The first-order valence-electron chi connectivity index (χ1n) is 5.18. The van der Waals surface area contributed by atoms with Crippen molar-refractivity contribution in [1.82, 2.24) is 4.98 Å². The SMILES string of the molecule is CNc1ccc([C@H](O)c2ccccc2)cn1. The maximum atomic E-state index is 10.1. The fourth-order valence-electron chi connectivity index (χ4n) is 1.54. The van der Waals surface area contributed by atoms with Crippen LogP contribution in [0.5, 0.6) is 0 Å². The third-order valence-corrected chi connectivity index (χ3v) is 2.47. The smallest absolute Gasteiger partial charge is 0.125 e. The van der Waals surface area contributed by atoms with Crippen LogP contribution < -0.4 is 5.32 Å². The molecule has 0 spiro atoms. The number of aliphatic hydroxyl groups excluding tert-OH is 1. The molecule has 3 heteroatoms. The van der Waals surface area contributed by atoms with Crippen LogP contribution >= 0.6 is 0 Å². The molecule has 0 radical (unpaired) electrons. The molecule has 2 N–H and O–H groups in total. The van der Waals surface area contributed by atoms with Crippen molar-refractivity contribution in [3.8, 4) is 0 Å². The van der Waals surface area contributed by atoms with Gasteiger partial charge in [0.15, 0.2) is 0 Å². The van der Waals surface area contributed by atoms with E-state index in [2.05, 4.69) is 10.3 Å². The molecule has 0 aliphatic carbocycles. The van der Waals surface area contributed by atoms with Gasteiger partial charge in [-0.25, -0.2) is 4.98 Å². The average Bonchev–Trinajstić information content (AvgIpc) is 2.39. The molecule has 3 nitrogen and oxygen atoms in total. The summed E-state index contributed by atoms with van der Waals surface area (Å²) in [5.41, 5.74) is 1.67. The Morgan fingerprint density at radius 3 is 2.38 bits per heavy atom. The molecule has 0 bridgehead atoms. The molecule has 82 valence electrons. The molecule has 2 aromatic rings. The van der Waals surface area contributed by atoms with Crippen molar-refractivity contribution in [2.75, 3.05) is 12.4 Å². The van der Waals surface area contributed by atoms with Crippen LogP contribution in [0, 0.1) is 0 Å². The fourth-order valence-corrected chi connectivity index (χ4v) is 1.54. The quantitative estimate of drug-likeness (QED) is 0.823. The van der Waals surface area contributed by atoms with Crippen molar-refractivity contribution in [3.63, 3.8) is 0 Å². The Morgan fingerprint density at radius 1 is 1.06 bits per heavy atom. The van der Waals surface area contributed by atoms with E-state index in [4.69, 9.17) is 0 Å². The Kier molecular flexibility index (Phi) is 3.17. The van der Waals surface area contributed by atoms with Crippen molar-refractivity contribution < 1.29 is 5.11 Å². The second-order valence-corrected chi connectivity index (χ2v) is 3.54. The van der Waals surface area contributed by atoms with Crippen LogP contribution in [0.3, 0.4) is 0 Å². The van der Waals surface area contributed by atoms with Gasteiger partial charge in [0, 0.05) is 18.8 Å². The molecule has 0 fully saturated rings. The van der Waals surface area contributed by atoms with Gasteiger partial charge in [0.1, 0.15) is 11.9 Å². The first-order valence-corrected chi connectivity index (χ1v) is 5.18. The third-order valence-electron chi connectivity index (χ3n) is 2.47. The van der Waals surface area contributed by atoms with Crippen molar-refractivity contribution in [1.29, 1.82) is 0 Å². The number of aromatic nitrogens is 1. The van der Waals surface area contributed by atoms with Crippen LogP contribution in [0.25, 0.3) is 0 Å². The van der Waals surface area contributed by atoms with Gasteiger partial charge in [0.05, 0.1) is 0 Å². The van der Waals surface area contributed by atoms with Crippen LogP contribution in [0.15, 0.2) is 48.7 Å². The molecule has 0 saturated carbocycles. The number of nitrogens with zero attached hydrogens (tertiary/aromatic N) is 1. The van der Waals surface area contributed by atoms with Gasteiger partial charge in [-0.2, -0.15) is 0 Å². The lowest BCUT2D eigenvalue weighted by molar-refractivity contribution is 0.220. The summed E-state index contributed by atoms with van der Waals surface area (Å²) < 4.78 is 0. The molecule has 1 aromatic heterocycles. The third kappa shape index (κ3) is 2.20. The Hall–Kier alpha value is -1.87. The van der Waals surface area contributed by atoms with Gasteiger partial charge in [0.25, 0.3) is 0 Å². The first-order chi connectivity index (χ1) is 7.81.